The fourth-order valence-electron chi connectivity index (χ4n) is 1.41. The third-order valence-electron chi connectivity index (χ3n) is 2.39. The van der Waals surface area contributed by atoms with Crippen LogP contribution >= 0.6 is 11.8 Å². The zero-order valence-electron chi connectivity index (χ0n) is 8.40. The maximum absolute atomic E-state index is 11.7. The van der Waals surface area contributed by atoms with Crippen molar-refractivity contribution in [3.05, 3.63) is 0 Å². The Morgan fingerprint density at radius 3 is 2.71 bits per heavy atom. The number of aliphatic carboxylic acids is 1. The molecule has 0 radical (unpaired) electrons. The Morgan fingerprint density at radius 1 is 1.57 bits per heavy atom. The van der Waals surface area contributed by atoms with E-state index in [0.29, 0.717) is 6.54 Å². The van der Waals surface area contributed by atoms with Gasteiger partial charge in [-0.1, -0.05) is 0 Å². The number of hydrogen-bond donors (Lipinski definition) is 1. The van der Waals surface area contributed by atoms with Gasteiger partial charge in [0.2, 0.25) is 5.91 Å². The molecule has 1 fully saturated rings. The summed E-state index contributed by atoms with van der Waals surface area (Å²) in [6, 6.07) is 0.156. The van der Waals surface area contributed by atoms with Gasteiger partial charge in [0.05, 0.1) is 0 Å². The summed E-state index contributed by atoms with van der Waals surface area (Å²) in [4.78, 5) is 24.0. The van der Waals surface area contributed by atoms with Gasteiger partial charge in [-0.05, 0) is 13.8 Å². The molecular formula is C9H15NO3S. The van der Waals surface area contributed by atoms with Crippen molar-refractivity contribution in [3.8, 4) is 0 Å². The minimum absolute atomic E-state index is 0.156. The van der Waals surface area contributed by atoms with Crippen molar-refractivity contribution in [2.24, 2.45) is 5.92 Å². The van der Waals surface area contributed by atoms with Gasteiger partial charge in [0, 0.05) is 24.1 Å². The van der Waals surface area contributed by atoms with Crippen LogP contribution in [-0.4, -0.2) is 46.0 Å². The van der Waals surface area contributed by atoms with Gasteiger partial charge in [-0.3, -0.25) is 9.59 Å². The van der Waals surface area contributed by atoms with Gasteiger partial charge in [-0.25, -0.2) is 0 Å². The lowest BCUT2D eigenvalue weighted by atomic mass is 10.1. The van der Waals surface area contributed by atoms with Crippen molar-refractivity contribution in [2.45, 2.75) is 19.9 Å². The molecule has 1 aliphatic rings. The topological polar surface area (TPSA) is 57.6 Å². The number of thioether (sulfide) groups is 1. The lowest BCUT2D eigenvalue weighted by Crippen LogP contribution is -2.48. The van der Waals surface area contributed by atoms with E-state index in [2.05, 4.69) is 0 Å². The molecule has 0 aromatic carbocycles. The van der Waals surface area contributed by atoms with Gasteiger partial charge in [0.25, 0.3) is 0 Å². The number of carbonyl (C=O) groups excluding carboxylic acids is 1. The van der Waals surface area contributed by atoms with Crippen LogP contribution in [0.15, 0.2) is 0 Å². The minimum Gasteiger partial charge on any atom is -0.481 e. The maximum Gasteiger partial charge on any atom is 0.315 e. The predicted molar refractivity (Wildman–Crippen MR) is 55.3 cm³/mol. The molecule has 0 aromatic heterocycles. The number of carboxylic acid groups (broad SMARTS) is 1. The Morgan fingerprint density at radius 2 is 2.21 bits per heavy atom. The van der Waals surface area contributed by atoms with Gasteiger partial charge in [-0.15, -0.1) is 0 Å². The summed E-state index contributed by atoms with van der Waals surface area (Å²) in [5.74, 6) is -0.410. The first-order valence-electron chi connectivity index (χ1n) is 4.65. The van der Waals surface area contributed by atoms with Crippen LogP contribution in [0.1, 0.15) is 13.8 Å². The zero-order chi connectivity index (χ0) is 10.7. The van der Waals surface area contributed by atoms with Crippen molar-refractivity contribution in [1.29, 1.82) is 0 Å². The van der Waals surface area contributed by atoms with E-state index in [1.165, 1.54) is 6.92 Å². The molecule has 2 atom stereocenters. The molecule has 2 unspecified atom stereocenters. The van der Waals surface area contributed by atoms with Crippen LogP contribution in [0.25, 0.3) is 0 Å². The number of rotatable bonds is 2. The third-order valence-corrected chi connectivity index (χ3v) is 3.58. The van der Waals surface area contributed by atoms with Gasteiger partial charge < -0.3 is 10.0 Å². The van der Waals surface area contributed by atoms with Crippen LogP contribution in [0.3, 0.4) is 0 Å². The molecule has 0 aromatic rings. The smallest absolute Gasteiger partial charge is 0.315 e. The Hall–Kier alpha value is -0.710. The van der Waals surface area contributed by atoms with Crippen LogP contribution in [0.2, 0.25) is 0 Å². The van der Waals surface area contributed by atoms with Gasteiger partial charge in [-0.2, -0.15) is 11.8 Å². The highest BCUT2D eigenvalue weighted by Gasteiger charge is 2.30. The zero-order valence-corrected chi connectivity index (χ0v) is 9.21. The number of hydrogen-bond acceptors (Lipinski definition) is 3. The first-order chi connectivity index (χ1) is 6.54. The fraction of sp³-hybridized carbons (Fsp3) is 0.778. The van der Waals surface area contributed by atoms with Crippen molar-refractivity contribution >= 4 is 23.6 Å². The SMILES string of the molecule is CC(C(=O)O)C(=O)N1CCSCC1C. The Labute approximate surface area is 87.7 Å². The summed E-state index contributed by atoms with van der Waals surface area (Å²) < 4.78 is 0. The average molecular weight is 217 g/mol. The second-order valence-corrected chi connectivity index (χ2v) is 4.67. The summed E-state index contributed by atoms with van der Waals surface area (Å²) in [6.45, 7) is 4.07. The van der Waals surface area contributed by atoms with E-state index in [9.17, 15) is 9.59 Å². The van der Waals surface area contributed by atoms with Crippen molar-refractivity contribution in [3.63, 3.8) is 0 Å². The van der Waals surface area contributed by atoms with Crippen LogP contribution in [0.5, 0.6) is 0 Å². The highest BCUT2D eigenvalue weighted by Crippen LogP contribution is 2.18. The van der Waals surface area contributed by atoms with E-state index in [-0.39, 0.29) is 11.9 Å². The summed E-state index contributed by atoms with van der Waals surface area (Å²) in [6.07, 6.45) is 0. The molecule has 14 heavy (non-hydrogen) atoms. The molecule has 0 bridgehead atoms. The number of carbonyl (C=O) groups is 2. The molecule has 4 nitrogen and oxygen atoms in total. The molecule has 0 spiro atoms. The summed E-state index contributed by atoms with van der Waals surface area (Å²) in [5, 5.41) is 8.72. The molecule has 1 aliphatic heterocycles. The molecule has 5 heteroatoms. The summed E-state index contributed by atoms with van der Waals surface area (Å²) in [5.41, 5.74) is 0. The van der Waals surface area contributed by atoms with Crippen LogP contribution < -0.4 is 0 Å². The van der Waals surface area contributed by atoms with Crippen molar-refractivity contribution < 1.29 is 14.7 Å². The highest BCUT2D eigenvalue weighted by molar-refractivity contribution is 7.99. The molecular weight excluding hydrogens is 202 g/mol. The molecule has 80 valence electrons. The van der Waals surface area contributed by atoms with E-state index in [1.54, 1.807) is 16.7 Å². The molecule has 1 heterocycles. The standard InChI is InChI=1S/C9H15NO3S/c1-6-5-14-4-3-10(6)8(11)7(2)9(12)13/h6-7H,3-5H2,1-2H3,(H,12,13). The maximum atomic E-state index is 11.7. The van der Waals surface area contributed by atoms with E-state index < -0.39 is 11.9 Å². The minimum atomic E-state index is -1.04. The normalized spacial score (nSPS) is 24.4. The first kappa shape index (κ1) is 11.4. The van der Waals surface area contributed by atoms with E-state index in [0.717, 1.165) is 11.5 Å². The monoisotopic (exact) mass is 217 g/mol. The number of nitrogens with zero attached hydrogens (tertiary/aromatic N) is 1. The van der Waals surface area contributed by atoms with E-state index >= 15 is 0 Å². The predicted octanol–water partition coefficient (Wildman–Crippen LogP) is 0.671. The van der Waals surface area contributed by atoms with Gasteiger partial charge in [0.15, 0.2) is 0 Å². The third kappa shape index (κ3) is 2.41. The van der Waals surface area contributed by atoms with Crippen LogP contribution in [0.4, 0.5) is 0 Å². The molecule has 1 saturated heterocycles. The Balaban J connectivity index is 2.62. The van der Waals surface area contributed by atoms with Crippen molar-refractivity contribution in [2.75, 3.05) is 18.1 Å². The molecule has 0 saturated carbocycles. The fourth-order valence-corrected chi connectivity index (χ4v) is 2.42. The van der Waals surface area contributed by atoms with Gasteiger partial charge in [0.1, 0.15) is 5.92 Å². The Kier molecular flexibility index (Phi) is 3.80. The molecule has 0 aliphatic carbocycles. The van der Waals surface area contributed by atoms with E-state index in [4.69, 9.17) is 5.11 Å². The largest absolute Gasteiger partial charge is 0.481 e. The molecule has 1 amide bonds. The number of amides is 1. The quantitative estimate of drug-likeness (QED) is 0.691. The second-order valence-electron chi connectivity index (χ2n) is 3.52. The van der Waals surface area contributed by atoms with Crippen LogP contribution in [-0.2, 0) is 9.59 Å². The highest BCUT2D eigenvalue weighted by atomic mass is 32.2. The second kappa shape index (κ2) is 4.68. The lowest BCUT2D eigenvalue weighted by molar-refractivity contribution is -0.150. The molecule has 1 N–H and O–H groups in total. The number of carboxylic acids is 1. The Bertz CT molecular complexity index is 244. The average Bonchev–Trinajstić information content (AvgIpc) is 2.16. The first-order valence-corrected chi connectivity index (χ1v) is 5.80. The van der Waals surface area contributed by atoms with Gasteiger partial charge >= 0.3 is 5.97 Å². The lowest BCUT2D eigenvalue weighted by Gasteiger charge is -2.34. The van der Waals surface area contributed by atoms with Crippen molar-refractivity contribution in [1.82, 2.24) is 4.90 Å². The summed E-state index contributed by atoms with van der Waals surface area (Å²) >= 11 is 1.80. The summed E-state index contributed by atoms with van der Waals surface area (Å²) in [7, 11) is 0. The van der Waals surface area contributed by atoms with Crippen LogP contribution in [0, 0.1) is 5.92 Å². The van der Waals surface area contributed by atoms with E-state index in [1.807, 2.05) is 6.92 Å². The molecule has 1 rings (SSSR count).